The monoisotopic (exact) mass is 122 g/mol. The Morgan fingerprint density at radius 1 is 1.22 bits per heavy atom. The second-order valence-electron chi connectivity index (χ2n) is 1.27. The normalized spacial score (nSPS) is 12.1. The molecular formula is C7H10N2. The molecule has 0 heterocycles. The minimum atomic E-state index is 1.60. The largest absolute Gasteiger partial charge is 0.273 e. The van der Waals surface area contributed by atoms with E-state index in [0.29, 0.717) is 0 Å². The molecule has 0 spiro atoms. The van der Waals surface area contributed by atoms with Gasteiger partial charge in [0.05, 0.1) is 0 Å². The molecule has 0 saturated heterocycles. The third kappa shape index (κ3) is 6.82. The zero-order valence-electron chi connectivity index (χ0n) is 5.49. The van der Waals surface area contributed by atoms with E-state index < -0.39 is 0 Å². The summed E-state index contributed by atoms with van der Waals surface area (Å²) in [5.41, 5.74) is 0. The molecule has 9 heavy (non-hydrogen) atoms. The predicted molar refractivity (Wildman–Crippen MR) is 42.0 cm³/mol. The summed E-state index contributed by atoms with van der Waals surface area (Å²) in [6, 6.07) is 0. The van der Waals surface area contributed by atoms with Crippen LogP contribution in [-0.2, 0) is 0 Å². The predicted octanol–water partition coefficient (Wildman–Crippen LogP) is 1.81. The number of hydrogen-bond acceptors (Lipinski definition) is 2. The molecular weight excluding hydrogens is 112 g/mol. The summed E-state index contributed by atoms with van der Waals surface area (Å²) >= 11 is 0. The molecule has 0 aliphatic carbocycles. The minimum Gasteiger partial charge on any atom is -0.273 e. The van der Waals surface area contributed by atoms with Crippen molar-refractivity contribution in [2.45, 2.75) is 6.92 Å². The van der Waals surface area contributed by atoms with Crippen LogP contribution in [0.2, 0.25) is 0 Å². The summed E-state index contributed by atoms with van der Waals surface area (Å²) in [6.07, 6.45) is 8.55. The van der Waals surface area contributed by atoms with Crippen molar-refractivity contribution >= 4 is 12.9 Å². The van der Waals surface area contributed by atoms with Gasteiger partial charge in [-0.05, 0) is 25.8 Å². The first-order valence-electron chi connectivity index (χ1n) is 2.67. The van der Waals surface area contributed by atoms with E-state index in [9.17, 15) is 0 Å². The van der Waals surface area contributed by atoms with Crippen LogP contribution in [0.1, 0.15) is 6.92 Å². The summed E-state index contributed by atoms with van der Waals surface area (Å²) in [6.45, 7) is 5.13. The van der Waals surface area contributed by atoms with Crippen LogP contribution in [0.15, 0.2) is 34.5 Å². The molecule has 0 saturated carbocycles. The maximum atomic E-state index is 3.82. The molecule has 0 N–H and O–H groups in total. The summed E-state index contributed by atoms with van der Waals surface area (Å²) < 4.78 is 0. The highest BCUT2D eigenvalue weighted by Gasteiger charge is 1.57. The quantitative estimate of drug-likeness (QED) is 0.403. The van der Waals surface area contributed by atoms with Gasteiger partial charge < -0.3 is 0 Å². The zero-order chi connectivity index (χ0) is 6.95. The van der Waals surface area contributed by atoms with E-state index in [1.807, 2.05) is 6.92 Å². The molecule has 0 atom stereocenters. The standard InChI is InChI=1S/C7H10N2/c1-3-9-7-5-4-6-8-2/h3-7H,2H2,1H3/b6-4-,7-5-,9-3?. The number of hydrogen-bond donors (Lipinski definition) is 0. The molecule has 0 rings (SSSR count). The molecule has 0 fully saturated rings. The molecule has 0 amide bonds. The van der Waals surface area contributed by atoms with E-state index in [1.54, 1.807) is 30.8 Å². The molecule has 2 heteroatoms. The van der Waals surface area contributed by atoms with Gasteiger partial charge in [-0.2, -0.15) is 0 Å². The number of nitrogens with zero attached hydrogens (tertiary/aromatic N) is 2. The Balaban J connectivity index is 3.46. The summed E-state index contributed by atoms with van der Waals surface area (Å²) in [5.74, 6) is 0. The first-order valence-corrected chi connectivity index (χ1v) is 2.67. The molecule has 0 radical (unpaired) electrons. The van der Waals surface area contributed by atoms with Crippen LogP contribution in [0.25, 0.3) is 0 Å². The van der Waals surface area contributed by atoms with Gasteiger partial charge in [-0.25, -0.2) is 0 Å². The molecule has 48 valence electrons. The summed E-state index contributed by atoms with van der Waals surface area (Å²) in [7, 11) is 0. The number of aliphatic imine (C=N–C) groups is 2. The molecule has 0 aromatic carbocycles. The molecule has 2 nitrogen and oxygen atoms in total. The lowest BCUT2D eigenvalue weighted by Crippen LogP contribution is -1.53. The Kier molecular flexibility index (Phi) is 5.93. The van der Waals surface area contributed by atoms with Crippen molar-refractivity contribution in [3.05, 3.63) is 24.6 Å². The van der Waals surface area contributed by atoms with Crippen LogP contribution in [0.4, 0.5) is 0 Å². The van der Waals surface area contributed by atoms with Crippen molar-refractivity contribution in [1.29, 1.82) is 0 Å². The van der Waals surface area contributed by atoms with Crippen molar-refractivity contribution in [1.82, 2.24) is 0 Å². The van der Waals surface area contributed by atoms with Crippen LogP contribution >= 0.6 is 0 Å². The van der Waals surface area contributed by atoms with Crippen LogP contribution in [0.5, 0.6) is 0 Å². The van der Waals surface area contributed by atoms with Gasteiger partial charge in [0.15, 0.2) is 0 Å². The van der Waals surface area contributed by atoms with Crippen LogP contribution < -0.4 is 0 Å². The Labute approximate surface area is 55.3 Å². The smallest absolute Gasteiger partial charge is 0.0264 e. The van der Waals surface area contributed by atoms with Gasteiger partial charge in [-0.15, -0.1) is 0 Å². The van der Waals surface area contributed by atoms with Crippen molar-refractivity contribution in [2.75, 3.05) is 0 Å². The highest BCUT2D eigenvalue weighted by Crippen LogP contribution is 1.77. The van der Waals surface area contributed by atoms with E-state index in [1.165, 1.54) is 0 Å². The number of allylic oxidation sites excluding steroid dienone is 2. The second kappa shape index (κ2) is 6.82. The molecule has 0 aliphatic rings. The molecule has 0 aliphatic heterocycles. The van der Waals surface area contributed by atoms with Gasteiger partial charge in [0.25, 0.3) is 0 Å². The maximum Gasteiger partial charge on any atom is 0.0264 e. The third-order valence-corrected chi connectivity index (χ3v) is 0.624. The average Bonchev–Trinajstić information content (AvgIpc) is 1.89. The van der Waals surface area contributed by atoms with Crippen molar-refractivity contribution in [2.24, 2.45) is 9.98 Å². The molecule has 0 aromatic rings. The van der Waals surface area contributed by atoms with E-state index in [2.05, 4.69) is 16.7 Å². The second-order valence-corrected chi connectivity index (χ2v) is 1.27. The highest BCUT2D eigenvalue weighted by atomic mass is 14.7. The van der Waals surface area contributed by atoms with E-state index in [-0.39, 0.29) is 0 Å². The van der Waals surface area contributed by atoms with E-state index >= 15 is 0 Å². The molecule has 0 bridgehead atoms. The van der Waals surface area contributed by atoms with Crippen LogP contribution in [-0.4, -0.2) is 12.9 Å². The number of rotatable bonds is 3. The first-order chi connectivity index (χ1) is 4.41. The van der Waals surface area contributed by atoms with Crippen LogP contribution in [0.3, 0.4) is 0 Å². The third-order valence-electron chi connectivity index (χ3n) is 0.624. The molecule has 0 aromatic heterocycles. The topological polar surface area (TPSA) is 24.7 Å². The Morgan fingerprint density at radius 2 is 1.89 bits per heavy atom. The lowest BCUT2D eigenvalue weighted by molar-refractivity contribution is 1.55. The SMILES string of the molecule is C=N/C=C\C=C/N=CC. The fourth-order valence-electron chi connectivity index (χ4n) is 0.296. The lowest BCUT2D eigenvalue weighted by Gasteiger charge is -1.70. The van der Waals surface area contributed by atoms with E-state index in [0.717, 1.165) is 0 Å². The Morgan fingerprint density at radius 3 is 2.44 bits per heavy atom. The maximum absolute atomic E-state index is 3.82. The van der Waals surface area contributed by atoms with Gasteiger partial charge >= 0.3 is 0 Å². The van der Waals surface area contributed by atoms with Gasteiger partial charge in [-0.1, -0.05) is 0 Å². The van der Waals surface area contributed by atoms with Gasteiger partial charge in [0, 0.05) is 18.6 Å². The fourth-order valence-corrected chi connectivity index (χ4v) is 0.296. The minimum absolute atomic E-state index is 1.60. The van der Waals surface area contributed by atoms with Gasteiger partial charge in [-0.3, -0.25) is 9.98 Å². The zero-order valence-corrected chi connectivity index (χ0v) is 5.49. The summed E-state index contributed by atoms with van der Waals surface area (Å²) in [5, 5.41) is 0. The van der Waals surface area contributed by atoms with E-state index in [4.69, 9.17) is 0 Å². The Hall–Kier alpha value is -1.18. The van der Waals surface area contributed by atoms with Crippen molar-refractivity contribution in [3.8, 4) is 0 Å². The molecule has 0 unspecified atom stereocenters. The van der Waals surface area contributed by atoms with Gasteiger partial charge in [0.2, 0.25) is 0 Å². The summed E-state index contributed by atoms with van der Waals surface area (Å²) in [4.78, 5) is 7.32. The fraction of sp³-hybridized carbons (Fsp3) is 0.143. The van der Waals surface area contributed by atoms with Gasteiger partial charge in [0.1, 0.15) is 0 Å². The van der Waals surface area contributed by atoms with Crippen LogP contribution in [0, 0.1) is 0 Å². The highest BCUT2D eigenvalue weighted by molar-refractivity contribution is 5.54. The van der Waals surface area contributed by atoms with Crippen molar-refractivity contribution < 1.29 is 0 Å². The lowest BCUT2D eigenvalue weighted by atomic mass is 10.6. The van der Waals surface area contributed by atoms with Crippen molar-refractivity contribution in [3.63, 3.8) is 0 Å². The average molecular weight is 122 g/mol. The Bertz CT molecular complexity index is 143. The first kappa shape index (κ1) is 7.82.